The third-order valence-electron chi connectivity index (χ3n) is 4.54. The Labute approximate surface area is 170 Å². The molecular weight excluding hydrogens is 445 g/mol. The van der Waals surface area contributed by atoms with Crippen molar-refractivity contribution in [3.63, 3.8) is 0 Å². The van der Waals surface area contributed by atoms with Gasteiger partial charge in [0.25, 0.3) is 0 Å². The SMILES string of the molecule is CN=C(NCCc1nnc2ccccn12)N1CCCC(CC(N)=O)C1.I. The van der Waals surface area contributed by atoms with E-state index >= 15 is 0 Å². The number of hydrogen-bond acceptors (Lipinski definition) is 4. The highest BCUT2D eigenvalue weighted by Gasteiger charge is 2.23. The van der Waals surface area contributed by atoms with E-state index in [0.29, 0.717) is 12.3 Å². The molecule has 9 heteroatoms. The Bertz CT molecular complexity index is 760. The zero-order valence-corrected chi connectivity index (χ0v) is 17.3. The van der Waals surface area contributed by atoms with Crippen LogP contribution < -0.4 is 11.1 Å². The average Bonchev–Trinajstić information content (AvgIpc) is 3.02. The molecule has 3 N–H and O–H groups in total. The highest BCUT2D eigenvalue weighted by atomic mass is 127. The summed E-state index contributed by atoms with van der Waals surface area (Å²) in [5.41, 5.74) is 6.19. The van der Waals surface area contributed by atoms with Crippen molar-refractivity contribution >= 4 is 41.5 Å². The second-order valence-electron chi connectivity index (χ2n) is 6.39. The number of hydrogen-bond donors (Lipinski definition) is 2. The zero-order valence-electron chi connectivity index (χ0n) is 15.0. The summed E-state index contributed by atoms with van der Waals surface area (Å²) >= 11 is 0. The zero-order chi connectivity index (χ0) is 17.6. The highest BCUT2D eigenvalue weighted by molar-refractivity contribution is 14.0. The second-order valence-corrected chi connectivity index (χ2v) is 6.39. The normalized spacial score (nSPS) is 17.8. The molecule has 0 radical (unpaired) electrons. The van der Waals surface area contributed by atoms with Crippen LogP contribution in [0.25, 0.3) is 5.65 Å². The van der Waals surface area contributed by atoms with Crippen molar-refractivity contribution in [3.05, 3.63) is 30.2 Å². The maximum absolute atomic E-state index is 11.2. The van der Waals surface area contributed by atoms with Gasteiger partial charge in [-0.3, -0.25) is 14.2 Å². The summed E-state index contributed by atoms with van der Waals surface area (Å²) in [6, 6.07) is 5.86. The van der Waals surface area contributed by atoms with Crippen molar-refractivity contribution in [1.29, 1.82) is 0 Å². The first-order chi connectivity index (χ1) is 12.2. The minimum absolute atomic E-state index is 0. The molecule has 1 amide bonds. The number of nitrogens with two attached hydrogens (primary N) is 1. The van der Waals surface area contributed by atoms with Gasteiger partial charge in [-0.25, -0.2) is 0 Å². The molecule has 1 aliphatic rings. The van der Waals surface area contributed by atoms with Crippen LogP contribution in [0.15, 0.2) is 29.4 Å². The minimum atomic E-state index is -0.228. The summed E-state index contributed by atoms with van der Waals surface area (Å²) in [5.74, 6) is 1.87. The molecule has 8 nitrogen and oxygen atoms in total. The number of aromatic nitrogens is 3. The number of rotatable bonds is 5. The number of halogens is 1. The minimum Gasteiger partial charge on any atom is -0.370 e. The fourth-order valence-corrected chi connectivity index (χ4v) is 3.39. The van der Waals surface area contributed by atoms with E-state index in [1.165, 1.54) is 0 Å². The molecule has 1 unspecified atom stereocenters. The van der Waals surface area contributed by atoms with Gasteiger partial charge in [-0.05, 0) is 30.9 Å². The summed E-state index contributed by atoms with van der Waals surface area (Å²) < 4.78 is 1.99. The van der Waals surface area contributed by atoms with Gasteiger partial charge in [-0.1, -0.05) is 6.07 Å². The van der Waals surface area contributed by atoms with Gasteiger partial charge in [0.2, 0.25) is 5.91 Å². The van der Waals surface area contributed by atoms with Gasteiger partial charge < -0.3 is 16.0 Å². The Morgan fingerprint density at radius 3 is 3.04 bits per heavy atom. The van der Waals surface area contributed by atoms with E-state index in [0.717, 1.165) is 56.3 Å². The quantitative estimate of drug-likeness (QED) is 0.386. The maximum Gasteiger partial charge on any atom is 0.217 e. The molecule has 0 aliphatic carbocycles. The Morgan fingerprint density at radius 2 is 2.27 bits per heavy atom. The molecule has 142 valence electrons. The van der Waals surface area contributed by atoms with E-state index < -0.39 is 0 Å². The lowest BCUT2D eigenvalue weighted by Gasteiger charge is -2.34. The fourth-order valence-electron chi connectivity index (χ4n) is 3.39. The van der Waals surface area contributed by atoms with E-state index in [-0.39, 0.29) is 29.9 Å². The summed E-state index contributed by atoms with van der Waals surface area (Å²) in [4.78, 5) is 17.8. The van der Waals surface area contributed by atoms with Crippen molar-refractivity contribution < 1.29 is 4.79 Å². The largest absolute Gasteiger partial charge is 0.370 e. The van der Waals surface area contributed by atoms with E-state index in [9.17, 15) is 4.79 Å². The summed E-state index contributed by atoms with van der Waals surface area (Å²) in [7, 11) is 1.78. The molecule has 1 saturated heterocycles. The number of aliphatic imine (C=N–C) groups is 1. The molecule has 1 aliphatic heterocycles. The van der Waals surface area contributed by atoms with Crippen molar-refractivity contribution in [2.75, 3.05) is 26.7 Å². The third-order valence-corrected chi connectivity index (χ3v) is 4.54. The van der Waals surface area contributed by atoms with Crippen molar-refractivity contribution in [2.45, 2.75) is 25.7 Å². The summed E-state index contributed by atoms with van der Waals surface area (Å²) in [6.45, 7) is 2.48. The number of nitrogens with one attached hydrogen (secondary N) is 1. The molecule has 2 aromatic rings. The van der Waals surface area contributed by atoms with Gasteiger partial charge in [0.05, 0.1) is 0 Å². The van der Waals surface area contributed by atoms with Crippen LogP contribution >= 0.6 is 24.0 Å². The molecule has 3 rings (SSSR count). The van der Waals surface area contributed by atoms with E-state index in [4.69, 9.17) is 5.73 Å². The number of amides is 1. The fraction of sp³-hybridized carbons (Fsp3) is 0.529. The number of likely N-dealkylation sites (tertiary alicyclic amines) is 1. The lowest BCUT2D eigenvalue weighted by molar-refractivity contribution is -0.119. The number of nitrogens with zero attached hydrogens (tertiary/aromatic N) is 5. The van der Waals surface area contributed by atoms with Crippen molar-refractivity contribution in [2.24, 2.45) is 16.6 Å². The van der Waals surface area contributed by atoms with Crippen LogP contribution in [0.3, 0.4) is 0 Å². The number of pyridine rings is 1. The van der Waals surface area contributed by atoms with Crippen molar-refractivity contribution in [3.8, 4) is 0 Å². The number of guanidine groups is 1. The van der Waals surface area contributed by atoms with E-state index in [1.807, 2.05) is 28.8 Å². The Kier molecular flexibility index (Phi) is 7.61. The van der Waals surface area contributed by atoms with E-state index in [1.54, 1.807) is 7.05 Å². The van der Waals surface area contributed by atoms with Gasteiger partial charge in [0, 0.05) is 45.7 Å². The lowest BCUT2D eigenvalue weighted by atomic mass is 9.95. The number of fused-ring (bicyclic) bond motifs is 1. The van der Waals surface area contributed by atoms with Gasteiger partial charge in [0.15, 0.2) is 11.6 Å². The van der Waals surface area contributed by atoms with Crippen LogP contribution in [0.5, 0.6) is 0 Å². The topological polar surface area (TPSA) is 101 Å². The smallest absolute Gasteiger partial charge is 0.217 e. The van der Waals surface area contributed by atoms with Crippen LogP contribution in [-0.4, -0.2) is 58.0 Å². The molecule has 0 aromatic carbocycles. The Hall–Kier alpha value is -1.91. The van der Waals surface area contributed by atoms with Crippen LogP contribution in [0.4, 0.5) is 0 Å². The van der Waals surface area contributed by atoms with Crippen LogP contribution in [-0.2, 0) is 11.2 Å². The number of piperidine rings is 1. The molecule has 0 saturated carbocycles. The van der Waals surface area contributed by atoms with E-state index in [2.05, 4.69) is 25.4 Å². The highest BCUT2D eigenvalue weighted by Crippen LogP contribution is 2.19. The predicted molar refractivity (Wildman–Crippen MR) is 112 cm³/mol. The molecule has 0 spiro atoms. The first kappa shape index (κ1) is 20.4. The number of carbonyl (C=O) groups is 1. The maximum atomic E-state index is 11.2. The van der Waals surface area contributed by atoms with Crippen molar-refractivity contribution in [1.82, 2.24) is 24.8 Å². The first-order valence-corrected chi connectivity index (χ1v) is 8.70. The second kappa shape index (κ2) is 9.70. The van der Waals surface area contributed by atoms with Crippen LogP contribution in [0.2, 0.25) is 0 Å². The first-order valence-electron chi connectivity index (χ1n) is 8.70. The van der Waals surface area contributed by atoms with Gasteiger partial charge in [-0.2, -0.15) is 0 Å². The standard InChI is InChI=1S/C17H25N7O.HI/c1-19-17(23-9-4-5-13(12-23)11-14(18)25)20-8-7-16-22-21-15-6-2-3-10-24(15)16;/h2-3,6,10,13H,4-5,7-9,11-12H2,1H3,(H2,18,25)(H,19,20);1H. The van der Waals surface area contributed by atoms with Crippen LogP contribution in [0.1, 0.15) is 25.1 Å². The Balaban J connectivity index is 0.00000243. The third kappa shape index (κ3) is 5.05. The number of primary amides is 1. The molecule has 1 atom stereocenters. The molecule has 1 fully saturated rings. The van der Waals surface area contributed by atoms with Gasteiger partial charge in [0.1, 0.15) is 5.82 Å². The number of carbonyl (C=O) groups excluding carboxylic acids is 1. The predicted octanol–water partition coefficient (Wildman–Crippen LogP) is 1.05. The van der Waals surface area contributed by atoms with Gasteiger partial charge >= 0.3 is 0 Å². The lowest BCUT2D eigenvalue weighted by Crippen LogP contribution is -2.47. The van der Waals surface area contributed by atoms with Gasteiger partial charge in [-0.15, -0.1) is 34.2 Å². The summed E-state index contributed by atoms with van der Waals surface area (Å²) in [5, 5.41) is 11.8. The molecule has 3 heterocycles. The molecule has 2 aromatic heterocycles. The monoisotopic (exact) mass is 471 g/mol. The Morgan fingerprint density at radius 1 is 1.42 bits per heavy atom. The average molecular weight is 471 g/mol. The summed E-state index contributed by atoms with van der Waals surface area (Å²) in [6.07, 6.45) is 5.26. The van der Waals surface area contributed by atoms with Crippen LogP contribution in [0, 0.1) is 5.92 Å². The molecule has 0 bridgehead atoms. The molecular formula is C17H26IN7O. The molecule has 26 heavy (non-hydrogen) atoms.